The van der Waals surface area contributed by atoms with E-state index in [0.29, 0.717) is 19.1 Å². The fourth-order valence-electron chi connectivity index (χ4n) is 9.13. The Hall–Kier alpha value is -1.99. The van der Waals surface area contributed by atoms with Crippen LogP contribution >= 0.6 is 23.5 Å². The van der Waals surface area contributed by atoms with E-state index in [-0.39, 0.29) is 5.41 Å². The van der Waals surface area contributed by atoms with E-state index in [1.54, 1.807) is 0 Å². The third-order valence-electron chi connectivity index (χ3n) is 12.9. The molecule has 0 spiro atoms. The first-order valence-electron chi connectivity index (χ1n) is 22.3. The SMILES string of the molecule is CCN(CC)CC1(c2ccc(OCCCN3CCSCC3)cc2)CCOCC1.O=C(N1CCCC1)C1(c2ccc(OCCCN3CCSCC3)cc2)CCOCC1. The summed E-state index contributed by atoms with van der Waals surface area (Å²) >= 11 is 4.12. The van der Waals surface area contributed by atoms with Crippen molar-refractivity contribution in [2.24, 2.45) is 0 Å². The third-order valence-corrected chi connectivity index (χ3v) is 14.8. The summed E-state index contributed by atoms with van der Waals surface area (Å²) in [5.41, 5.74) is 2.36. The molecular formula is C46H72N4O5S2. The second-order valence-electron chi connectivity index (χ2n) is 16.4. The molecule has 5 saturated heterocycles. The van der Waals surface area contributed by atoms with E-state index < -0.39 is 5.41 Å². The lowest BCUT2D eigenvalue weighted by Crippen LogP contribution is -2.49. The van der Waals surface area contributed by atoms with Gasteiger partial charge >= 0.3 is 0 Å². The van der Waals surface area contributed by atoms with Gasteiger partial charge in [-0.15, -0.1) is 0 Å². The lowest BCUT2D eigenvalue weighted by atomic mass is 9.73. The van der Waals surface area contributed by atoms with E-state index in [1.165, 1.54) is 54.8 Å². The molecule has 1 amide bonds. The van der Waals surface area contributed by atoms with Gasteiger partial charge in [-0.05, 0) is 99.8 Å². The average molecular weight is 825 g/mol. The molecule has 0 N–H and O–H groups in total. The maximum Gasteiger partial charge on any atom is 0.233 e. The number of thioether (sulfide) groups is 2. The largest absolute Gasteiger partial charge is 0.494 e. The van der Waals surface area contributed by atoms with E-state index in [4.69, 9.17) is 18.9 Å². The van der Waals surface area contributed by atoms with Crippen molar-refractivity contribution in [1.82, 2.24) is 19.6 Å². The van der Waals surface area contributed by atoms with E-state index in [0.717, 1.165) is 141 Å². The number of carbonyl (C=O) groups excluding carboxylic acids is 1. The van der Waals surface area contributed by atoms with Crippen molar-refractivity contribution in [3.8, 4) is 11.5 Å². The van der Waals surface area contributed by atoms with Crippen LogP contribution in [0, 0.1) is 0 Å². The molecule has 0 aliphatic carbocycles. The van der Waals surface area contributed by atoms with Crippen LogP contribution in [0.4, 0.5) is 0 Å². The van der Waals surface area contributed by atoms with Crippen LogP contribution in [0.25, 0.3) is 0 Å². The molecule has 318 valence electrons. The first-order chi connectivity index (χ1) is 28.0. The smallest absolute Gasteiger partial charge is 0.233 e. The topological polar surface area (TPSA) is 67.0 Å². The van der Waals surface area contributed by atoms with Gasteiger partial charge in [0.05, 0.1) is 18.6 Å². The molecule has 0 radical (unpaired) electrons. The number of likely N-dealkylation sites (tertiary alicyclic amines) is 1. The molecule has 2 aromatic rings. The highest BCUT2D eigenvalue weighted by molar-refractivity contribution is 7.99. The van der Waals surface area contributed by atoms with Crippen LogP contribution in [0.15, 0.2) is 48.5 Å². The molecule has 5 aliphatic rings. The molecule has 0 aromatic heterocycles. The van der Waals surface area contributed by atoms with E-state index in [1.807, 2.05) is 23.9 Å². The van der Waals surface area contributed by atoms with Crippen LogP contribution in [0.5, 0.6) is 11.5 Å². The molecule has 57 heavy (non-hydrogen) atoms. The second-order valence-corrected chi connectivity index (χ2v) is 18.9. The predicted molar refractivity (Wildman–Crippen MR) is 238 cm³/mol. The zero-order valence-electron chi connectivity index (χ0n) is 35.3. The van der Waals surface area contributed by atoms with Crippen molar-refractivity contribution in [2.45, 2.75) is 76.0 Å². The molecule has 0 unspecified atom stereocenters. The summed E-state index contributed by atoms with van der Waals surface area (Å²) in [6.07, 6.45) is 8.18. The highest BCUT2D eigenvalue weighted by Gasteiger charge is 2.44. The summed E-state index contributed by atoms with van der Waals surface area (Å²) in [6.45, 7) is 21.4. The zero-order valence-corrected chi connectivity index (χ0v) is 36.9. The molecule has 5 heterocycles. The number of hydrogen-bond donors (Lipinski definition) is 0. The van der Waals surface area contributed by atoms with Gasteiger partial charge in [0, 0.05) is 114 Å². The number of amides is 1. The Balaban J connectivity index is 0.000000193. The van der Waals surface area contributed by atoms with Crippen molar-refractivity contribution >= 4 is 29.4 Å². The molecule has 7 rings (SSSR count). The Kier molecular flexibility index (Phi) is 18.5. The minimum Gasteiger partial charge on any atom is -0.494 e. The molecular weight excluding hydrogens is 753 g/mol. The number of ether oxygens (including phenoxy) is 4. The van der Waals surface area contributed by atoms with Crippen LogP contribution in [0.2, 0.25) is 0 Å². The number of rotatable bonds is 17. The van der Waals surface area contributed by atoms with Gasteiger partial charge in [-0.1, -0.05) is 38.1 Å². The van der Waals surface area contributed by atoms with Crippen LogP contribution in [-0.4, -0.2) is 160 Å². The van der Waals surface area contributed by atoms with Gasteiger partial charge in [0.25, 0.3) is 0 Å². The molecule has 5 fully saturated rings. The molecule has 0 bridgehead atoms. The van der Waals surface area contributed by atoms with Gasteiger partial charge in [0.15, 0.2) is 0 Å². The Morgan fingerprint density at radius 3 is 1.58 bits per heavy atom. The lowest BCUT2D eigenvalue weighted by Gasteiger charge is -2.41. The summed E-state index contributed by atoms with van der Waals surface area (Å²) in [7, 11) is 0. The normalized spacial score (nSPS) is 21.5. The number of likely N-dealkylation sites (N-methyl/N-ethyl adjacent to an activating group) is 1. The Labute approximate surface area is 353 Å². The predicted octanol–water partition coefficient (Wildman–Crippen LogP) is 7.07. The Bertz CT molecular complexity index is 1420. The summed E-state index contributed by atoms with van der Waals surface area (Å²) in [6, 6.07) is 17.2. The maximum atomic E-state index is 13.4. The van der Waals surface area contributed by atoms with Crippen LogP contribution in [0.3, 0.4) is 0 Å². The van der Waals surface area contributed by atoms with Crippen molar-refractivity contribution in [3.63, 3.8) is 0 Å². The highest BCUT2D eigenvalue weighted by Crippen LogP contribution is 2.39. The van der Waals surface area contributed by atoms with E-state index >= 15 is 0 Å². The van der Waals surface area contributed by atoms with Gasteiger partial charge in [-0.25, -0.2) is 0 Å². The summed E-state index contributed by atoms with van der Waals surface area (Å²) in [5.74, 6) is 7.27. The third kappa shape index (κ3) is 13.0. The second kappa shape index (κ2) is 23.7. The minimum absolute atomic E-state index is 0.217. The number of nitrogens with zero attached hydrogens (tertiary/aromatic N) is 4. The summed E-state index contributed by atoms with van der Waals surface area (Å²) in [4.78, 5) is 23.1. The van der Waals surface area contributed by atoms with E-state index in [9.17, 15) is 4.79 Å². The van der Waals surface area contributed by atoms with E-state index in [2.05, 4.69) is 81.6 Å². The quantitative estimate of drug-likeness (QED) is 0.155. The van der Waals surface area contributed by atoms with Crippen molar-refractivity contribution < 1.29 is 23.7 Å². The molecule has 11 heteroatoms. The van der Waals surface area contributed by atoms with Gasteiger partial charge in [0.1, 0.15) is 11.5 Å². The molecule has 9 nitrogen and oxygen atoms in total. The molecule has 2 aromatic carbocycles. The number of benzene rings is 2. The van der Waals surface area contributed by atoms with Crippen molar-refractivity contribution in [2.75, 3.05) is 135 Å². The zero-order chi connectivity index (χ0) is 39.6. The van der Waals surface area contributed by atoms with Crippen LogP contribution in [-0.2, 0) is 25.1 Å². The van der Waals surface area contributed by atoms with Crippen LogP contribution < -0.4 is 9.47 Å². The number of carbonyl (C=O) groups is 1. The molecule has 0 atom stereocenters. The lowest BCUT2D eigenvalue weighted by molar-refractivity contribution is -0.140. The summed E-state index contributed by atoms with van der Waals surface area (Å²) in [5, 5.41) is 0. The minimum atomic E-state index is -0.423. The van der Waals surface area contributed by atoms with Crippen LogP contribution in [0.1, 0.15) is 76.3 Å². The van der Waals surface area contributed by atoms with Crippen molar-refractivity contribution in [1.29, 1.82) is 0 Å². The highest BCUT2D eigenvalue weighted by atomic mass is 32.2. The summed E-state index contributed by atoms with van der Waals surface area (Å²) < 4.78 is 23.3. The van der Waals surface area contributed by atoms with Gasteiger partial charge < -0.3 is 38.5 Å². The van der Waals surface area contributed by atoms with Gasteiger partial charge in [-0.2, -0.15) is 23.5 Å². The standard InChI is InChI=1S/C23H34N2O3S.C23H38N2O2S/c26-22(25-11-1-2-12-25)23(8-16-27-17-9-23)20-4-6-21(7-5-20)28-15-3-10-24-13-18-29-19-14-24;1-3-24(4-2)20-23(10-16-26-17-11-23)21-6-8-22(9-7-21)27-15-5-12-25-13-18-28-19-14-25/h4-7H,1-3,8-19H2;6-9H,3-5,10-20H2,1-2H3. The molecule has 5 aliphatic heterocycles. The molecule has 0 saturated carbocycles. The Morgan fingerprint density at radius 2 is 1.11 bits per heavy atom. The first-order valence-corrected chi connectivity index (χ1v) is 24.6. The monoisotopic (exact) mass is 824 g/mol. The fourth-order valence-corrected chi connectivity index (χ4v) is 11.1. The average Bonchev–Trinajstić information content (AvgIpc) is 3.83. The number of hydrogen-bond acceptors (Lipinski definition) is 10. The van der Waals surface area contributed by atoms with Gasteiger partial charge in [-0.3, -0.25) is 4.79 Å². The van der Waals surface area contributed by atoms with Crippen molar-refractivity contribution in [3.05, 3.63) is 59.7 Å². The van der Waals surface area contributed by atoms with Gasteiger partial charge in [0.2, 0.25) is 5.91 Å². The maximum absolute atomic E-state index is 13.4. The Morgan fingerprint density at radius 1 is 0.649 bits per heavy atom. The first kappa shape index (κ1) is 44.6. The fraction of sp³-hybridized carbons (Fsp3) is 0.717.